The Bertz CT molecular complexity index is 1340. The lowest BCUT2D eigenvalue weighted by Gasteiger charge is -2.21. The number of methoxy groups -OCH3 is 2. The van der Waals surface area contributed by atoms with Crippen LogP contribution < -0.4 is 9.47 Å². The number of hydrogen-bond donors (Lipinski definition) is 0. The average Bonchev–Trinajstić information content (AvgIpc) is 2.90. The third-order valence-electron chi connectivity index (χ3n) is 5.78. The fourth-order valence-corrected chi connectivity index (χ4v) is 4.90. The molecule has 1 atom stereocenters. The summed E-state index contributed by atoms with van der Waals surface area (Å²) in [5.41, 5.74) is 3.79. The molecule has 38 heavy (non-hydrogen) atoms. The fraction of sp³-hybridized carbons (Fsp3) is 0.321. The summed E-state index contributed by atoms with van der Waals surface area (Å²) in [5, 5.41) is 18.3. The van der Waals surface area contributed by atoms with Crippen LogP contribution in [0.4, 0.5) is 0 Å². The second kappa shape index (κ2) is 14.2. The molecule has 0 N–H and O–H groups in total. The van der Waals surface area contributed by atoms with Crippen LogP contribution in [0.25, 0.3) is 10.1 Å². The summed E-state index contributed by atoms with van der Waals surface area (Å²) >= 11 is 18.5. The topological polar surface area (TPSA) is 102 Å². The third-order valence-corrected chi connectivity index (χ3v) is 6.95. The Labute approximate surface area is 236 Å². The summed E-state index contributed by atoms with van der Waals surface area (Å²) < 4.78 is 20.8. The van der Waals surface area contributed by atoms with Crippen molar-refractivity contribution in [3.8, 4) is 23.6 Å². The summed E-state index contributed by atoms with van der Waals surface area (Å²) in [5.74, 6) is 1.10. The van der Waals surface area contributed by atoms with Gasteiger partial charge in [-0.3, -0.25) is 4.79 Å². The van der Waals surface area contributed by atoms with Gasteiger partial charge in [-0.1, -0.05) is 35.3 Å². The van der Waals surface area contributed by atoms with Crippen molar-refractivity contribution in [1.29, 1.82) is 10.5 Å². The van der Waals surface area contributed by atoms with Gasteiger partial charge in [0.05, 0.1) is 40.3 Å². The van der Waals surface area contributed by atoms with Crippen LogP contribution in [0, 0.1) is 22.7 Å². The van der Waals surface area contributed by atoms with Gasteiger partial charge in [-0.25, -0.2) is 0 Å². The number of nitriles is 2. The van der Waals surface area contributed by atoms with Crippen LogP contribution in [0.15, 0.2) is 47.5 Å². The molecule has 0 heterocycles. The molecule has 198 valence electrons. The first kappa shape index (κ1) is 29.5. The van der Waals surface area contributed by atoms with Crippen molar-refractivity contribution in [2.45, 2.75) is 18.2 Å². The maximum Gasteiger partial charge on any atom is 0.179 e. The maximum absolute atomic E-state index is 11.7. The first-order chi connectivity index (χ1) is 18.3. The number of Topliss-reactive ketones (excluding diaryl/α,β-unsaturated/α-hetero) is 1. The smallest absolute Gasteiger partial charge is 0.179 e. The highest BCUT2D eigenvalue weighted by molar-refractivity contribution is 6.52. The Balaban J connectivity index is 0.000000211. The number of alkyl halides is 1. The van der Waals surface area contributed by atoms with E-state index >= 15 is 0 Å². The molecule has 2 aliphatic rings. The maximum atomic E-state index is 11.7. The number of ketones is 1. The molecule has 0 saturated carbocycles. The summed E-state index contributed by atoms with van der Waals surface area (Å²) in [6.45, 7) is 1.91. The minimum absolute atomic E-state index is 0.0169. The first-order valence-corrected chi connectivity index (χ1v) is 12.8. The zero-order valence-corrected chi connectivity index (χ0v) is 23.1. The monoisotopic (exact) mass is 574 g/mol. The predicted molar refractivity (Wildman–Crippen MR) is 146 cm³/mol. The highest BCUT2D eigenvalue weighted by atomic mass is 35.5. The number of halogens is 3. The lowest BCUT2D eigenvalue weighted by Crippen LogP contribution is -2.14. The largest absolute Gasteiger partial charge is 0.491 e. The summed E-state index contributed by atoms with van der Waals surface area (Å²) in [4.78, 5) is 11.7. The first-order valence-electron chi connectivity index (χ1n) is 11.6. The SMILES string of the molecule is COCCOc1ccc2c(c1)C(Cl)=C(C#N)C(=O)C2.COCCOc1ccc2c(c1)C(Cl)=C(C#N)C(Cl)C2. The Kier molecular flexibility index (Phi) is 11.0. The van der Waals surface area contributed by atoms with E-state index in [1.165, 1.54) is 0 Å². The highest BCUT2D eigenvalue weighted by Gasteiger charge is 2.26. The molecule has 0 aliphatic heterocycles. The minimum Gasteiger partial charge on any atom is -0.491 e. The zero-order chi connectivity index (χ0) is 27.7. The van der Waals surface area contributed by atoms with Crippen molar-refractivity contribution in [2.75, 3.05) is 40.6 Å². The standard InChI is InChI=1S/C14H13Cl2NO2.C14H12ClNO3/c1-18-4-5-19-10-3-2-9-6-13(15)12(8-17)14(16)11(9)7-10;1-18-4-5-19-10-3-2-9-6-13(17)12(8-16)14(15)11(9)7-10/h2-3,7,13H,4-6H2,1H3;2-3,7H,4-6H2,1H3. The van der Waals surface area contributed by atoms with Gasteiger partial charge in [0, 0.05) is 31.8 Å². The van der Waals surface area contributed by atoms with E-state index in [2.05, 4.69) is 6.07 Å². The van der Waals surface area contributed by atoms with E-state index in [1.54, 1.807) is 32.4 Å². The molecule has 0 bridgehead atoms. The highest BCUT2D eigenvalue weighted by Crippen LogP contribution is 2.38. The van der Waals surface area contributed by atoms with Crippen molar-refractivity contribution >= 4 is 50.7 Å². The van der Waals surface area contributed by atoms with Gasteiger partial charge in [0.15, 0.2) is 5.78 Å². The Hall–Kier alpha value is -3.04. The van der Waals surface area contributed by atoms with Gasteiger partial charge in [-0.05, 0) is 41.8 Å². The second-order valence-corrected chi connectivity index (χ2v) is 9.52. The molecule has 7 nitrogen and oxygen atoms in total. The number of carbonyl (C=O) groups is 1. The van der Waals surface area contributed by atoms with E-state index in [9.17, 15) is 4.79 Å². The number of rotatable bonds is 8. The molecular weight excluding hydrogens is 551 g/mol. The number of ether oxygens (including phenoxy) is 4. The van der Waals surface area contributed by atoms with Crippen molar-refractivity contribution in [3.63, 3.8) is 0 Å². The van der Waals surface area contributed by atoms with Crippen LogP contribution in [0.3, 0.4) is 0 Å². The normalized spacial score (nSPS) is 16.0. The van der Waals surface area contributed by atoms with Crippen molar-refractivity contribution in [1.82, 2.24) is 0 Å². The molecule has 4 rings (SSSR count). The van der Waals surface area contributed by atoms with E-state index in [4.69, 9.17) is 64.3 Å². The molecule has 2 aromatic carbocycles. The van der Waals surface area contributed by atoms with E-state index in [0.717, 1.165) is 16.7 Å². The van der Waals surface area contributed by atoms with Crippen LogP contribution in [-0.2, 0) is 27.1 Å². The Morgan fingerprint density at radius 3 is 1.92 bits per heavy atom. The molecule has 0 radical (unpaired) electrons. The summed E-state index contributed by atoms with van der Waals surface area (Å²) in [7, 11) is 3.22. The molecular formula is C28H25Cl3N2O5. The van der Waals surface area contributed by atoms with Gasteiger partial charge in [0.2, 0.25) is 0 Å². The van der Waals surface area contributed by atoms with E-state index in [-0.39, 0.29) is 28.2 Å². The summed E-state index contributed by atoms with van der Waals surface area (Å²) in [6.07, 6.45) is 0.807. The number of carbonyl (C=O) groups excluding carboxylic acids is 1. The van der Waals surface area contributed by atoms with Gasteiger partial charge < -0.3 is 18.9 Å². The number of nitrogens with zero attached hydrogens (tertiary/aromatic N) is 2. The van der Waals surface area contributed by atoms with Crippen LogP contribution >= 0.6 is 34.8 Å². The van der Waals surface area contributed by atoms with Crippen molar-refractivity contribution < 1.29 is 23.7 Å². The minimum atomic E-state index is -0.356. The van der Waals surface area contributed by atoms with Crippen molar-refractivity contribution in [2.24, 2.45) is 0 Å². The van der Waals surface area contributed by atoms with Gasteiger partial charge in [0.25, 0.3) is 0 Å². The van der Waals surface area contributed by atoms with E-state index < -0.39 is 0 Å². The average molecular weight is 576 g/mol. The lowest BCUT2D eigenvalue weighted by molar-refractivity contribution is -0.114. The number of benzene rings is 2. The van der Waals surface area contributed by atoms with Crippen LogP contribution in [0.5, 0.6) is 11.5 Å². The van der Waals surface area contributed by atoms with Crippen LogP contribution in [0.2, 0.25) is 0 Å². The Morgan fingerprint density at radius 2 is 1.39 bits per heavy atom. The molecule has 2 aliphatic carbocycles. The molecule has 10 heteroatoms. The van der Waals surface area contributed by atoms with Gasteiger partial charge >= 0.3 is 0 Å². The predicted octanol–water partition coefficient (Wildman–Crippen LogP) is 5.66. The zero-order valence-electron chi connectivity index (χ0n) is 20.9. The third kappa shape index (κ3) is 7.08. The Morgan fingerprint density at radius 1 is 0.842 bits per heavy atom. The van der Waals surface area contributed by atoms with Crippen LogP contribution in [0.1, 0.15) is 22.3 Å². The molecule has 0 fully saturated rings. The quantitative estimate of drug-likeness (QED) is 0.296. The van der Waals surface area contributed by atoms with Gasteiger partial charge in [0.1, 0.15) is 36.4 Å². The van der Waals surface area contributed by atoms with Crippen LogP contribution in [-0.4, -0.2) is 51.8 Å². The number of fused-ring (bicyclic) bond motifs is 2. The van der Waals surface area contributed by atoms with E-state index in [1.807, 2.05) is 24.3 Å². The lowest BCUT2D eigenvalue weighted by atomic mass is 9.91. The number of allylic oxidation sites excluding steroid dienone is 2. The fourth-order valence-electron chi connectivity index (χ4n) is 3.84. The van der Waals surface area contributed by atoms with Crippen molar-refractivity contribution in [3.05, 3.63) is 69.8 Å². The molecule has 0 saturated heterocycles. The summed E-state index contributed by atoms with van der Waals surface area (Å²) in [6, 6.07) is 14.9. The molecule has 1 unspecified atom stereocenters. The van der Waals surface area contributed by atoms with Gasteiger partial charge in [-0.15, -0.1) is 11.6 Å². The molecule has 0 spiro atoms. The number of hydrogen-bond acceptors (Lipinski definition) is 7. The molecule has 0 aromatic heterocycles. The van der Waals surface area contributed by atoms with E-state index in [0.29, 0.717) is 60.5 Å². The second-order valence-electron chi connectivity index (χ2n) is 8.23. The van der Waals surface area contributed by atoms with Gasteiger partial charge in [-0.2, -0.15) is 10.5 Å². The molecule has 0 amide bonds. The molecule has 2 aromatic rings.